The maximum absolute atomic E-state index is 11.7. The molecule has 1 rings (SSSR count). The van der Waals surface area contributed by atoms with Crippen molar-refractivity contribution < 1.29 is 4.79 Å². The van der Waals surface area contributed by atoms with Crippen LogP contribution in [0.25, 0.3) is 0 Å². The number of carbonyl (C=O) groups is 1. The Labute approximate surface area is 125 Å². The molecule has 0 saturated heterocycles. The minimum absolute atomic E-state index is 0.164. The molecular formula is C17H34N2O. The lowest BCUT2D eigenvalue weighted by atomic mass is 9.94. The molecule has 1 amide bonds. The third-order valence-electron chi connectivity index (χ3n) is 4.35. The summed E-state index contributed by atoms with van der Waals surface area (Å²) in [6.45, 7) is 7.91. The molecule has 1 fully saturated rings. The maximum atomic E-state index is 11.7. The molecule has 0 spiro atoms. The van der Waals surface area contributed by atoms with Gasteiger partial charge in [0.15, 0.2) is 0 Å². The van der Waals surface area contributed by atoms with Crippen LogP contribution in [0.4, 0.5) is 0 Å². The van der Waals surface area contributed by atoms with Gasteiger partial charge in [-0.15, -0.1) is 0 Å². The first kappa shape index (κ1) is 17.5. The average Bonchev–Trinajstić information content (AvgIpc) is 2.42. The molecule has 0 radical (unpaired) electrons. The lowest BCUT2D eigenvalue weighted by Gasteiger charge is -2.31. The Morgan fingerprint density at radius 1 is 1.10 bits per heavy atom. The summed E-state index contributed by atoms with van der Waals surface area (Å²) in [6, 6.07) is 0.823. The second-order valence-electron chi connectivity index (χ2n) is 7.34. The second-order valence-corrected chi connectivity index (χ2v) is 7.34. The van der Waals surface area contributed by atoms with Gasteiger partial charge in [-0.25, -0.2) is 0 Å². The fourth-order valence-electron chi connectivity index (χ4n) is 2.83. The van der Waals surface area contributed by atoms with E-state index < -0.39 is 0 Å². The Morgan fingerprint density at radius 3 is 2.35 bits per heavy atom. The van der Waals surface area contributed by atoms with Gasteiger partial charge in [0, 0.05) is 18.0 Å². The number of amides is 1. The zero-order valence-electron chi connectivity index (χ0n) is 14.0. The van der Waals surface area contributed by atoms with E-state index in [1.807, 2.05) is 20.8 Å². The normalized spacial score (nSPS) is 17.4. The highest BCUT2D eigenvalue weighted by Gasteiger charge is 2.20. The molecule has 0 aromatic carbocycles. The van der Waals surface area contributed by atoms with Gasteiger partial charge in [-0.2, -0.15) is 0 Å². The largest absolute Gasteiger partial charge is 0.356 e. The van der Waals surface area contributed by atoms with Gasteiger partial charge in [0.05, 0.1) is 0 Å². The highest BCUT2D eigenvalue weighted by molar-refractivity contribution is 5.81. The Morgan fingerprint density at radius 2 is 1.75 bits per heavy atom. The molecule has 0 aromatic rings. The number of carbonyl (C=O) groups excluding carboxylic acids is 1. The van der Waals surface area contributed by atoms with E-state index in [1.165, 1.54) is 51.5 Å². The Balaban J connectivity index is 2.00. The topological polar surface area (TPSA) is 32.3 Å². The molecule has 3 heteroatoms. The molecule has 1 aliphatic carbocycles. The molecule has 0 bridgehead atoms. The number of nitrogens with one attached hydrogen (secondary N) is 1. The van der Waals surface area contributed by atoms with Crippen molar-refractivity contribution in [3.63, 3.8) is 0 Å². The van der Waals surface area contributed by atoms with Crippen LogP contribution in [0.3, 0.4) is 0 Å². The van der Waals surface area contributed by atoms with Crippen LogP contribution in [0.2, 0.25) is 0 Å². The van der Waals surface area contributed by atoms with E-state index in [9.17, 15) is 4.79 Å². The molecule has 1 aliphatic rings. The van der Waals surface area contributed by atoms with Crippen molar-refractivity contribution in [1.82, 2.24) is 10.2 Å². The van der Waals surface area contributed by atoms with Gasteiger partial charge in [-0.3, -0.25) is 4.79 Å². The summed E-state index contributed by atoms with van der Waals surface area (Å²) in [5.41, 5.74) is -0.263. The molecule has 1 saturated carbocycles. The second kappa shape index (κ2) is 8.66. The van der Waals surface area contributed by atoms with E-state index in [0.717, 1.165) is 19.0 Å². The quantitative estimate of drug-likeness (QED) is 0.724. The van der Waals surface area contributed by atoms with Crippen LogP contribution in [-0.2, 0) is 4.79 Å². The van der Waals surface area contributed by atoms with Crippen molar-refractivity contribution in [2.24, 2.45) is 5.41 Å². The van der Waals surface area contributed by atoms with Crippen LogP contribution in [0.1, 0.15) is 72.1 Å². The van der Waals surface area contributed by atoms with Gasteiger partial charge in [-0.05, 0) is 39.3 Å². The molecule has 0 aromatic heterocycles. The third kappa shape index (κ3) is 6.74. The van der Waals surface area contributed by atoms with Gasteiger partial charge in [0.1, 0.15) is 0 Å². The van der Waals surface area contributed by atoms with Gasteiger partial charge in [0.2, 0.25) is 5.91 Å². The minimum Gasteiger partial charge on any atom is -0.356 e. The number of hydrogen-bond acceptors (Lipinski definition) is 2. The number of nitrogens with zero attached hydrogens (tertiary/aromatic N) is 1. The summed E-state index contributed by atoms with van der Waals surface area (Å²) in [6.07, 6.45) is 10.6. The Kier molecular flexibility index (Phi) is 7.57. The van der Waals surface area contributed by atoms with Crippen molar-refractivity contribution >= 4 is 5.91 Å². The summed E-state index contributed by atoms with van der Waals surface area (Å²) < 4.78 is 0. The predicted octanol–water partition coefficient (Wildman–Crippen LogP) is 3.58. The van der Waals surface area contributed by atoms with Gasteiger partial charge < -0.3 is 10.2 Å². The molecule has 1 N–H and O–H groups in total. The van der Waals surface area contributed by atoms with Crippen molar-refractivity contribution in [1.29, 1.82) is 0 Å². The highest BCUT2D eigenvalue weighted by atomic mass is 16.2. The number of unbranched alkanes of at least 4 members (excludes halogenated alkanes) is 2. The van der Waals surface area contributed by atoms with Gasteiger partial charge in [-0.1, -0.05) is 46.5 Å². The average molecular weight is 282 g/mol. The zero-order chi connectivity index (χ0) is 15.0. The van der Waals surface area contributed by atoms with Gasteiger partial charge >= 0.3 is 0 Å². The van der Waals surface area contributed by atoms with E-state index in [0.29, 0.717) is 0 Å². The predicted molar refractivity (Wildman–Crippen MR) is 85.8 cm³/mol. The smallest absolute Gasteiger partial charge is 0.225 e. The van der Waals surface area contributed by atoms with Crippen LogP contribution in [0.15, 0.2) is 0 Å². The maximum Gasteiger partial charge on any atom is 0.225 e. The Bertz CT molecular complexity index is 277. The SMILES string of the molecule is CN(CCCCCNC(=O)C(C)(C)C)C1CCCCC1. The lowest BCUT2D eigenvalue weighted by molar-refractivity contribution is -0.128. The van der Waals surface area contributed by atoms with E-state index in [4.69, 9.17) is 0 Å². The lowest BCUT2D eigenvalue weighted by Crippen LogP contribution is -2.35. The van der Waals surface area contributed by atoms with Crippen LogP contribution in [-0.4, -0.2) is 37.0 Å². The first-order valence-corrected chi connectivity index (χ1v) is 8.40. The molecule has 0 heterocycles. The van der Waals surface area contributed by atoms with Crippen molar-refractivity contribution in [2.45, 2.75) is 78.2 Å². The summed E-state index contributed by atoms with van der Waals surface area (Å²) in [7, 11) is 2.28. The Hall–Kier alpha value is -0.570. The molecule has 3 nitrogen and oxygen atoms in total. The molecule has 0 atom stereocenters. The third-order valence-corrected chi connectivity index (χ3v) is 4.35. The van der Waals surface area contributed by atoms with Crippen molar-refractivity contribution in [3.8, 4) is 0 Å². The minimum atomic E-state index is -0.263. The van der Waals surface area contributed by atoms with Crippen LogP contribution in [0, 0.1) is 5.41 Å². The number of hydrogen-bond donors (Lipinski definition) is 1. The summed E-state index contributed by atoms with van der Waals surface area (Å²) in [4.78, 5) is 14.2. The first-order chi connectivity index (χ1) is 9.41. The zero-order valence-corrected chi connectivity index (χ0v) is 14.0. The summed E-state index contributed by atoms with van der Waals surface area (Å²) in [5, 5.41) is 3.02. The highest BCUT2D eigenvalue weighted by Crippen LogP contribution is 2.21. The first-order valence-electron chi connectivity index (χ1n) is 8.40. The monoisotopic (exact) mass is 282 g/mol. The van der Waals surface area contributed by atoms with E-state index in [1.54, 1.807) is 0 Å². The van der Waals surface area contributed by atoms with Gasteiger partial charge in [0.25, 0.3) is 0 Å². The van der Waals surface area contributed by atoms with Crippen LogP contribution in [0.5, 0.6) is 0 Å². The molecule has 0 unspecified atom stereocenters. The fourth-order valence-corrected chi connectivity index (χ4v) is 2.83. The summed E-state index contributed by atoms with van der Waals surface area (Å²) in [5.74, 6) is 0.164. The molecule has 0 aliphatic heterocycles. The van der Waals surface area contributed by atoms with Crippen molar-refractivity contribution in [3.05, 3.63) is 0 Å². The molecule has 118 valence electrons. The van der Waals surface area contributed by atoms with E-state index in [2.05, 4.69) is 17.3 Å². The van der Waals surface area contributed by atoms with E-state index >= 15 is 0 Å². The fraction of sp³-hybridized carbons (Fsp3) is 0.941. The molecule has 20 heavy (non-hydrogen) atoms. The van der Waals surface area contributed by atoms with E-state index in [-0.39, 0.29) is 11.3 Å². The standard InChI is InChI=1S/C17H34N2O/c1-17(2,3)16(20)18-13-9-6-10-14-19(4)15-11-7-5-8-12-15/h15H,5-14H2,1-4H3,(H,18,20). The number of rotatable bonds is 7. The van der Waals surface area contributed by atoms with Crippen molar-refractivity contribution in [2.75, 3.05) is 20.1 Å². The van der Waals surface area contributed by atoms with Crippen LogP contribution >= 0.6 is 0 Å². The summed E-state index contributed by atoms with van der Waals surface area (Å²) >= 11 is 0. The van der Waals surface area contributed by atoms with Crippen LogP contribution < -0.4 is 5.32 Å². The molecular weight excluding hydrogens is 248 g/mol.